The zero-order valence-electron chi connectivity index (χ0n) is 19.3. The van der Waals surface area contributed by atoms with Crippen LogP contribution in [0, 0.1) is 25.7 Å². The lowest BCUT2D eigenvalue weighted by Gasteiger charge is -2.36. The topological polar surface area (TPSA) is 62.0 Å². The summed E-state index contributed by atoms with van der Waals surface area (Å²) in [4.78, 5) is 16.1. The number of ether oxygens (including phenoxy) is 1. The van der Waals surface area contributed by atoms with Crippen molar-refractivity contribution in [2.45, 2.75) is 52.7 Å². The van der Waals surface area contributed by atoms with Crippen LogP contribution in [0.2, 0.25) is 0 Å². The van der Waals surface area contributed by atoms with Crippen molar-refractivity contribution in [1.29, 1.82) is 0 Å². The van der Waals surface area contributed by atoms with E-state index in [4.69, 9.17) is 4.74 Å². The van der Waals surface area contributed by atoms with Crippen LogP contribution in [-0.2, 0) is 4.74 Å². The third kappa shape index (κ3) is 5.17. The molecule has 8 heteroatoms. The molecule has 0 saturated carbocycles. The van der Waals surface area contributed by atoms with E-state index in [9.17, 15) is 0 Å². The highest BCUT2D eigenvalue weighted by atomic mass is 16.5. The van der Waals surface area contributed by atoms with Crippen molar-refractivity contribution >= 4 is 11.6 Å². The van der Waals surface area contributed by atoms with E-state index >= 15 is 0 Å². The van der Waals surface area contributed by atoms with Gasteiger partial charge in [-0.25, -0.2) is 4.98 Å². The van der Waals surface area contributed by atoms with Gasteiger partial charge in [0.1, 0.15) is 18.8 Å². The SMILES string of the molecule is Cc1nc2ncnn2c(N2CCC(OCC#CCN3CCN(C(C)C)CC3)CC2)c1C. The average Bonchev–Trinajstić information content (AvgIpc) is 3.23. The molecule has 2 saturated heterocycles. The Morgan fingerprint density at radius 1 is 1.06 bits per heavy atom. The van der Waals surface area contributed by atoms with Gasteiger partial charge in [-0.3, -0.25) is 9.80 Å². The van der Waals surface area contributed by atoms with Gasteiger partial charge < -0.3 is 9.64 Å². The molecule has 2 fully saturated rings. The van der Waals surface area contributed by atoms with Crippen molar-refractivity contribution < 1.29 is 4.74 Å². The van der Waals surface area contributed by atoms with Gasteiger partial charge in [-0.15, -0.1) is 0 Å². The minimum absolute atomic E-state index is 0.273. The number of aromatic nitrogens is 4. The van der Waals surface area contributed by atoms with E-state index in [1.54, 1.807) is 6.33 Å². The van der Waals surface area contributed by atoms with Crippen molar-refractivity contribution in [3.05, 3.63) is 17.6 Å². The summed E-state index contributed by atoms with van der Waals surface area (Å²) in [5.41, 5.74) is 2.17. The molecule has 0 aliphatic carbocycles. The van der Waals surface area contributed by atoms with Crippen LogP contribution in [0.3, 0.4) is 0 Å². The zero-order chi connectivity index (χ0) is 21.8. The second-order valence-corrected chi connectivity index (χ2v) is 8.87. The molecule has 0 unspecified atom stereocenters. The Balaban J connectivity index is 1.21. The number of aryl methyl sites for hydroxylation is 1. The molecule has 4 rings (SSSR count). The highest BCUT2D eigenvalue weighted by molar-refractivity contribution is 5.54. The molecule has 0 bridgehead atoms. The van der Waals surface area contributed by atoms with Gasteiger partial charge in [-0.05, 0) is 40.5 Å². The minimum Gasteiger partial charge on any atom is -0.365 e. The van der Waals surface area contributed by atoms with Gasteiger partial charge >= 0.3 is 0 Å². The van der Waals surface area contributed by atoms with Crippen molar-refractivity contribution in [2.24, 2.45) is 0 Å². The average molecular weight is 426 g/mol. The highest BCUT2D eigenvalue weighted by Gasteiger charge is 2.24. The first-order valence-electron chi connectivity index (χ1n) is 11.5. The summed E-state index contributed by atoms with van der Waals surface area (Å²) in [6, 6.07) is 0.641. The van der Waals surface area contributed by atoms with Crippen molar-refractivity contribution in [3.63, 3.8) is 0 Å². The standard InChI is InChI=1S/C23H35N7O/c1-18(2)28-14-12-27(13-15-28)9-5-6-16-31-21-7-10-29(11-8-21)22-19(3)20(4)26-23-24-17-25-30(22)23/h17-18,21H,7-16H2,1-4H3. The molecule has 0 N–H and O–H groups in total. The van der Waals surface area contributed by atoms with Gasteiger partial charge in [-0.1, -0.05) is 11.8 Å². The summed E-state index contributed by atoms with van der Waals surface area (Å²) < 4.78 is 7.91. The molecule has 168 valence electrons. The van der Waals surface area contributed by atoms with Crippen molar-refractivity contribution in [3.8, 4) is 11.8 Å². The summed E-state index contributed by atoms with van der Waals surface area (Å²) in [7, 11) is 0. The van der Waals surface area contributed by atoms with E-state index in [2.05, 4.69) is 62.4 Å². The van der Waals surface area contributed by atoms with Crippen LogP contribution < -0.4 is 4.90 Å². The van der Waals surface area contributed by atoms with Gasteiger partial charge in [0.05, 0.1) is 12.6 Å². The first-order chi connectivity index (χ1) is 15.0. The summed E-state index contributed by atoms with van der Waals surface area (Å²) in [5.74, 6) is 8.29. The van der Waals surface area contributed by atoms with Crippen LogP contribution in [0.5, 0.6) is 0 Å². The van der Waals surface area contributed by atoms with Gasteiger partial charge in [0.15, 0.2) is 0 Å². The first-order valence-corrected chi connectivity index (χ1v) is 11.5. The number of anilines is 1. The summed E-state index contributed by atoms with van der Waals surface area (Å²) in [6.45, 7) is 16.5. The molecular weight excluding hydrogens is 390 g/mol. The Morgan fingerprint density at radius 3 is 2.52 bits per heavy atom. The largest absolute Gasteiger partial charge is 0.365 e. The maximum Gasteiger partial charge on any atom is 0.254 e. The molecule has 8 nitrogen and oxygen atoms in total. The quantitative estimate of drug-likeness (QED) is 0.677. The van der Waals surface area contributed by atoms with Crippen molar-refractivity contribution in [2.75, 3.05) is 57.3 Å². The number of fused-ring (bicyclic) bond motifs is 1. The van der Waals surface area contributed by atoms with Crippen LogP contribution in [0.15, 0.2) is 6.33 Å². The fraction of sp³-hybridized carbons (Fsp3) is 0.696. The summed E-state index contributed by atoms with van der Waals surface area (Å²) >= 11 is 0. The molecule has 0 amide bonds. The molecule has 0 radical (unpaired) electrons. The zero-order valence-corrected chi connectivity index (χ0v) is 19.3. The molecule has 0 spiro atoms. The van der Waals surface area contributed by atoms with Crippen LogP contribution in [0.4, 0.5) is 5.82 Å². The number of hydrogen-bond acceptors (Lipinski definition) is 7. The number of piperidine rings is 1. The number of nitrogens with zero attached hydrogens (tertiary/aromatic N) is 7. The molecule has 0 atom stereocenters. The van der Waals surface area contributed by atoms with E-state index in [0.717, 1.165) is 75.7 Å². The van der Waals surface area contributed by atoms with Gasteiger partial charge in [0.25, 0.3) is 5.78 Å². The van der Waals surface area contributed by atoms with Crippen LogP contribution in [0.25, 0.3) is 5.78 Å². The molecule has 2 aromatic heterocycles. The Hall–Kier alpha value is -2.21. The Bertz CT molecular complexity index is 929. The molecular formula is C23H35N7O. The number of hydrogen-bond donors (Lipinski definition) is 0. The predicted octanol–water partition coefficient (Wildman–Crippen LogP) is 1.76. The van der Waals surface area contributed by atoms with Gasteiger partial charge in [-0.2, -0.15) is 14.6 Å². The lowest BCUT2D eigenvalue weighted by Crippen LogP contribution is -2.48. The van der Waals surface area contributed by atoms with Crippen LogP contribution in [-0.4, -0.2) is 93.9 Å². The van der Waals surface area contributed by atoms with E-state index in [0.29, 0.717) is 18.4 Å². The van der Waals surface area contributed by atoms with E-state index in [1.165, 1.54) is 0 Å². The molecule has 4 heterocycles. The summed E-state index contributed by atoms with van der Waals surface area (Å²) in [5, 5.41) is 4.38. The number of piperazine rings is 1. The second kappa shape index (κ2) is 9.94. The highest BCUT2D eigenvalue weighted by Crippen LogP contribution is 2.26. The Morgan fingerprint density at radius 2 is 1.81 bits per heavy atom. The summed E-state index contributed by atoms with van der Waals surface area (Å²) in [6.07, 6.45) is 3.84. The van der Waals surface area contributed by atoms with Gasteiger partial charge in [0.2, 0.25) is 0 Å². The normalized spacial score (nSPS) is 19.2. The lowest BCUT2D eigenvalue weighted by atomic mass is 10.1. The third-order valence-electron chi connectivity index (χ3n) is 6.57. The fourth-order valence-electron chi connectivity index (χ4n) is 4.44. The Labute approximate surface area is 185 Å². The molecule has 0 aromatic carbocycles. The maximum absolute atomic E-state index is 6.06. The van der Waals surface area contributed by atoms with E-state index < -0.39 is 0 Å². The predicted molar refractivity (Wildman–Crippen MR) is 122 cm³/mol. The monoisotopic (exact) mass is 425 g/mol. The lowest BCUT2D eigenvalue weighted by molar-refractivity contribution is 0.0592. The molecule has 31 heavy (non-hydrogen) atoms. The Kier molecular flexibility index (Phi) is 7.06. The molecule has 2 aromatic rings. The van der Waals surface area contributed by atoms with Crippen LogP contribution >= 0.6 is 0 Å². The minimum atomic E-state index is 0.273. The number of rotatable bonds is 5. The molecule has 2 aliphatic heterocycles. The van der Waals surface area contributed by atoms with E-state index in [-0.39, 0.29) is 6.10 Å². The fourth-order valence-corrected chi connectivity index (χ4v) is 4.44. The molecule has 2 aliphatic rings. The van der Waals surface area contributed by atoms with E-state index in [1.807, 2.05) is 11.4 Å². The maximum atomic E-state index is 6.06. The second-order valence-electron chi connectivity index (χ2n) is 8.87. The first kappa shape index (κ1) is 22.0. The third-order valence-corrected chi connectivity index (χ3v) is 6.57. The smallest absolute Gasteiger partial charge is 0.254 e. The van der Waals surface area contributed by atoms with Crippen LogP contribution in [0.1, 0.15) is 37.9 Å². The van der Waals surface area contributed by atoms with Gasteiger partial charge in [0, 0.05) is 56.6 Å². The van der Waals surface area contributed by atoms with Crippen molar-refractivity contribution in [1.82, 2.24) is 29.4 Å².